The second-order valence-electron chi connectivity index (χ2n) is 6.84. The highest BCUT2D eigenvalue weighted by Gasteiger charge is 2.27. The van der Waals surface area contributed by atoms with Crippen LogP contribution >= 0.6 is 0 Å². The Bertz CT molecular complexity index is 770. The first kappa shape index (κ1) is 16.7. The molecule has 1 amide bonds. The number of piperazine rings is 1. The molecule has 2 aromatic rings. The van der Waals surface area contributed by atoms with Crippen LogP contribution < -0.4 is 24.6 Å². The number of nitrogens with one attached hydrogen (secondary N) is 2. The number of benzene rings is 2. The summed E-state index contributed by atoms with van der Waals surface area (Å²) in [6.45, 7) is 4.64. The molecule has 2 aliphatic heterocycles. The highest BCUT2D eigenvalue weighted by atomic mass is 16.6. The number of amides is 1. The molecule has 136 valence electrons. The summed E-state index contributed by atoms with van der Waals surface area (Å²) in [5, 5.41) is 2.91. The fraction of sp³-hybridized carbons (Fsp3) is 0.350. The van der Waals surface area contributed by atoms with Gasteiger partial charge < -0.3 is 24.6 Å². The number of hydrogen-bond acceptors (Lipinski definition) is 4. The maximum atomic E-state index is 12.5. The third-order valence-corrected chi connectivity index (χ3v) is 4.92. The van der Waals surface area contributed by atoms with Crippen LogP contribution in [0.3, 0.4) is 0 Å². The van der Waals surface area contributed by atoms with E-state index in [1.54, 1.807) is 11.0 Å². The van der Waals surface area contributed by atoms with Crippen LogP contribution in [0.2, 0.25) is 0 Å². The van der Waals surface area contributed by atoms with Gasteiger partial charge in [-0.2, -0.15) is 0 Å². The van der Waals surface area contributed by atoms with E-state index in [4.69, 9.17) is 9.47 Å². The van der Waals surface area contributed by atoms with Gasteiger partial charge in [0.25, 0.3) is 5.91 Å². The van der Waals surface area contributed by atoms with Crippen molar-refractivity contribution in [1.82, 2.24) is 0 Å². The number of likely N-dealkylation sites (N-methyl/N-ethyl adjacent to an activating group) is 1. The van der Waals surface area contributed by atoms with Crippen LogP contribution in [0, 0.1) is 0 Å². The van der Waals surface area contributed by atoms with Crippen LogP contribution in [0.5, 0.6) is 11.5 Å². The minimum absolute atomic E-state index is 0.199. The Morgan fingerprint density at radius 1 is 1.08 bits per heavy atom. The molecule has 0 unspecified atom stereocenters. The molecule has 6 nitrogen and oxygen atoms in total. The zero-order valence-electron chi connectivity index (χ0n) is 14.9. The quantitative estimate of drug-likeness (QED) is 0.856. The number of quaternary nitrogens is 1. The van der Waals surface area contributed by atoms with Gasteiger partial charge in [-0.3, -0.25) is 4.79 Å². The number of fused-ring (bicyclic) bond motifs is 1. The van der Waals surface area contributed by atoms with E-state index in [1.807, 2.05) is 30.3 Å². The van der Waals surface area contributed by atoms with Crippen molar-refractivity contribution in [2.24, 2.45) is 0 Å². The maximum Gasteiger partial charge on any atom is 0.269 e. The Morgan fingerprint density at radius 3 is 2.50 bits per heavy atom. The Morgan fingerprint density at radius 2 is 1.77 bits per heavy atom. The maximum absolute atomic E-state index is 12.5. The van der Waals surface area contributed by atoms with Crippen LogP contribution in [0.15, 0.2) is 48.5 Å². The van der Waals surface area contributed by atoms with Gasteiger partial charge in [0.05, 0.1) is 33.2 Å². The van der Waals surface area contributed by atoms with Crippen molar-refractivity contribution < 1.29 is 19.2 Å². The lowest BCUT2D eigenvalue weighted by atomic mass is 10.2. The molecule has 2 heterocycles. The van der Waals surface area contributed by atoms with E-state index < -0.39 is 6.10 Å². The molecule has 0 spiro atoms. The lowest BCUT2D eigenvalue weighted by molar-refractivity contribution is -0.880. The molecular formula is C20H24N3O3+. The van der Waals surface area contributed by atoms with Crippen molar-refractivity contribution in [2.45, 2.75) is 6.10 Å². The summed E-state index contributed by atoms with van der Waals surface area (Å²) in [6, 6.07) is 15.4. The van der Waals surface area contributed by atoms with Gasteiger partial charge in [0.2, 0.25) is 6.10 Å². The topological polar surface area (TPSA) is 55.2 Å². The normalized spacial score (nSPS) is 19.9. The molecular weight excluding hydrogens is 330 g/mol. The van der Waals surface area contributed by atoms with Crippen molar-refractivity contribution in [1.29, 1.82) is 0 Å². The fourth-order valence-electron chi connectivity index (χ4n) is 3.27. The molecule has 0 bridgehead atoms. The Hall–Kier alpha value is -2.73. The summed E-state index contributed by atoms with van der Waals surface area (Å²) in [5.41, 5.74) is 1.96. The summed E-state index contributed by atoms with van der Waals surface area (Å²) < 4.78 is 11.4. The lowest BCUT2D eigenvalue weighted by Crippen LogP contribution is -3.12. The summed E-state index contributed by atoms with van der Waals surface area (Å²) in [5.74, 6) is 1.08. The van der Waals surface area contributed by atoms with Gasteiger partial charge in [-0.25, -0.2) is 0 Å². The second kappa shape index (κ2) is 7.25. The number of carbonyl (C=O) groups excluding carboxylic acids is 1. The molecule has 6 heteroatoms. The average Bonchev–Trinajstić information content (AvgIpc) is 2.69. The summed E-state index contributed by atoms with van der Waals surface area (Å²) >= 11 is 0. The van der Waals surface area contributed by atoms with Crippen LogP contribution in [-0.4, -0.2) is 51.8 Å². The van der Waals surface area contributed by atoms with Crippen LogP contribution in [0.4, 0.5) is 11.4 Å². The highest BCUT2D eigenvalue weighted by molar-refractivity contribution is 5.94. The van der Waals surface area contributed by atoms with Crippen molar-refractivity contribution in [3.63, 3.8) is 0 Å². The Labute approximate surface area is 153 Å². The number of para-hydroxylation sites is 2. The predicted molar refractivity (Wildman–Crippen MR) is 100 cm³/mol. The molecule has 1 atom stereocenters. The van der Waals surface area contributed by atoms with Crippen molar-refractivity contribution in [2.75, 3.05) is 50.1 Å². The Kier molecular flexibility index (Phi) is 4.67. The predicted octanol–water partition coefficient (Wildman–Crippen LogP) is 0.800. The minimum atomic E-state index is -0.648. The molecule has 2 N–H and O–H groups in total. The number of ether oxygens (including phenoxy) is 2. The zero-order valence-corrected chi connectivity index (χ0v) is 14.9. The smallest absolute Gasteiger partial charge is 0.269 e. The first-order valence-electron chi connectivity index (χ1n) is 9.05. The number of rotatable bonds is 3. The number of hydrogen-bond donors (Lipinski definition) is 2. The van der Waals surface area contributed by atoms with E-state index in [9.17, 15) is 4.79 Å². The number of anilines is 2. The van der Waals surface area contributed by atoms with Gasteiger partial charge in [0.1, 0.15) is 6.61 Å². The third-order valence-electron chi connectivity index (χ3n) is 4.92. The van der Waals surface area contributed by atoms with Crippen molar-refractivity contribution in [3.8, 4) is 11.5 Å². The molecule has 26 heavy (non-hydrogen) atoms. The Balaban J connectivity index is 1.36. The second-order valence-corrected chi connectivity index (χ2v) is 6.84. The molecule has 0 aromatic heterocycles. The molecule has 2 aliphatic rings. The lowest BCUT2D eigenvalue weighted by Gasteiger charge is -2.31. The summed E-state index contributed by atoms with van der Waals surface area (Å²) in [6.07, 6.45) is -0.648. The standard InChI is InChI=1S/C20H23N3O3/c1-22-10-12-23(13-11-22)16-8-6-15(7-9-16)21-20(24)19-14-25-17-4-2-3-5-18(17)26-19/h2-9,19H,10-14H2,1H3,(H,21,24)/p+1/t19-/m0/s1. The van der Waals surface area contributed by atoms with Gasteiger partial charge in [-0.05, 0) is 36.4 Å². The van der Waals surface area contributed by atoms with E-state index in [1.165, 1.54) is 5.69 Å². The van der Waals surface area contributed by atoms with Gasteiger partial charge >= 0.3 is 0 Å². The first-order chi connectivity index (χ1) is 12.7. The third kappa shape index (κ3) is 3.60. The van der Waals surface area contributed by atoms with Crippen molar-refractivity contribution in [3.05, 3.63) is 48.5 Å². The summed E-state index contributed by atoms with van der Waals surface area (Å²) in [7, 11) is 2.23. The summed E-state index contributed by atoms with van der Waals surface area (Å²) in [4.78, 5) is 16.4. The van der Waals surface area contributed by atoms with E-state index in [2.05, 4.69) is 29.4 Å². The SMILES string of the molecule is C[NH+]1CCN(c2ccc(NC(=O)[C@@H]3COc4ccccc4O3)cc2)CC1. The molecule has 0 aliphatic carbocycles. The van der Waals surface area contributed by atoms with Gasteiger partial charge in [-0.1, -0.05) is 12.1 Å². The average molecular weight is 354 g/mol. The molecule has 1 fully saturated rings. The molecule has 1 saturated heterocycles. The monoisotopic (exact) mass is 354 g/mol. The van der Waals surface area contributed by atoms with Crippen molar-refractivity contribution >= 4 is 17.3 Å². The van der Waals surface area contributed by atoms with Gasteiger partial charge in [0.15, 0.2) is 11.5 Å². The van der Waals surface area contributed by atoms with E-state index in [0.717, 1.165) is 31.9 Å². The molecule has 0 radical (unpaired) electrons. The fourth-order valence-corrected chi connectivity index (χ4v) is 3.27. The van der Waals surface area contributed by atoms with E-state index in [-0.39, 0.29) is 12.5 Å². The molecule has 2 aromatic carbocycles. The zero-order chi connectivity index (χ0) is 17.9. The molecule has 0 saturated carbocycles. The number of carbonyl (C=O) groups is 1. The number of nitrogens with zero attached hydrogens (tertiary/aromatic N) is 1. The highest BCUT2D eigenvalue weighted by Crippen LogP contribution is 2.31. The van der Waals surface area contributed by atoms with Gasteiger partial charge in [0, 0.05) is 11.4 Å². The van der Waals surface area contributed by atoms with Gasteiger partial charge in [-0.15, -0.1) is 0 Å². The minimum Gasteiger partial charge on any atom is -0.485 e. The van der Waals surface area contributed by atoms with Crippen LogP contribution in [0.25, 0.3) is 0 Å². The largest absolute Gasteiger partial charge is 0.485 e. The van der Waals surface area contributed by atoms with E-state index >= 15 is 0 Å². The first-order valence-corrected chi connectivity index (χ1v) is 9.05. The molecule has 4 rings (SSSR count). The van der Waals surface area contributed by atoms with Crippen LogP contribution in [-0.2, 0) is 4.79 Å². The van der Waals surface area contributed by atoms with Crippen LogP contribution in [0.1, 0.15) is 0 Å². The van der Waals surface area contributed by atoms with E-state index in [0.29, 0.717) is 11.5 Å².